The molecule has 5 rings (SSSR count). The molecule has 1 atom stereocenters. The van der Waals surface area contributed by atoms with E-state index in [-0.39, 0.29) is 5.91 Å². The van der Waals surface area contributed by atoms with Crippen LogP contribution in [0.4, 0.5) is 0 Å². The summed E-state index contributed by atoms with van der Waals surface area (Å²) in [6, 6.07) is 5.57. The molecule has 0 bridgehead atoms. The number of rotatable bonds is 6. The Balaban J connectivity index is 1.30. The van der Waals surface area contributed by atoms with Crippen LogP contribution >= 0.6 is 0 Å². The maximum atomic E-state index is 12.7. The Morgan fingerprint density at radius 3 is 2.86 bits per heavy atom. The van der Waals surface area contributed by atoms with Crippen molar-refractivity contribution in [2.75, 3.05) is 0 Å². The van der Waals surface area contributed by atoms with Crippen LogP contribution in [0.1, 0.15) is 79.1 Å². The minimum atomic E-state index is -0.400. The normalized spacial score (nSPS) is 17.9. The molecule has 1 unspecified atom stereocenters. The Hall–Kier alpha value is -3.03. The number of nitrogens with one attached hydrogen (secondary N) is 1. The van der Waals surface area contributed by atoms with Crippen molar-refractivity contribution in [3.63, 3.8) is 0 Å². The van der Waals surface area contributed by atoms with Gasteiger partial charge >= 0.3 is 0 Å². The first kappa shape index (κ1) is 17.1. The van der Waals surface area contributed by atoms with Crippen molar-refractivity contribution >= 4 is 5.91 Å². The highest BCUT2D eigenvalue weighted by molar-refractivity contribution is 5.92. The molecule has 28 heavy (non-hydrogen) atoms. The molecule has 3 heterocycles. The van der Waals surface area contributed by atoms with E-state index in [1.165, 1.54) is 19.3 Å². The topological polar surface area (TPSA) is 98.7 Å². The van der Waals surface area contributed by atoms with Crippen LogP contribution in [0.5, 0.6) is 0 Å². The van der Waals surface area contributed by atoms with Gasteiger partial charge < -0.3 is 9.84 Å². The molecule has 144 valence electrons. The summed E-state index contributed by atoms with van der Waals surface area (Å²) in [7, 11) is 0. The highest BCUT2D eigenvalue weighted by Gasteiger charge is 2.27. The van der Waals surface area contributed by atoms with Gasteiger partial charge in [-0.05, 0) is 57.2 Å². The third-order valence-corrected chi connectivity index (χ3v) is 5.52. The molecule has 3 aromatic rings. The number of carbonyl (C=O) groups excluding carboxylic acids is 1. The number of hydrogen-bond acceptors (Lipinski definition) is 6. The Morgan fingerprint density at radius 2 is 2.11 bits per heavy atom. The van der Waals surface area contributed by atoms with Crippen molar-refractivity contribution in [1.29, 1.82) is 0 Å². The van der Waals surface area contributed by atoms with Crippen LogP contribution in [0, 0.1) is 0 Å². The van der Waals surface area contributed by atoms with Crippen LogP contribution in [0.3, 0.4) is 0 Å². The molecular formula is C20H22N6O2. The van der Waals surface area contributed by atoms with Gasteiger partial charge in [-0.1, -0.05) is 5.16 Å². The first-order valence-corrected chi connectivity index (χ1v) is 9.83. The van der Waals surface area contributed by atoms with Crippen LogP contribution in [0.2, 0.25) is 0 Å². The Bertz CT molecular complexity index is 1000. The summed E-state index contributed by atoms with van der Waals surface area (Å²) in [6.07, 6.45) is 9.15. The predicted molar refractivity (Wildman–Crippen MR) is 101 cm³/mol. The maximum absolute atomic E-state index is 12.7. The number of nitrogens with zero attached hydrogens (tertiary/aromatic N) is 5. The summed E-state index contributed by atoms with van der Waals surface area (Å²) >= 11 is 0. The van der Waals surface area contributed by atoms with Crippen molar-refractivity contribution < 1.29 is 9.32 Å². The van der Waals surface area contributed by atoms with E-state index in [0.29, 0.717) is 29.4 Å². The minimum absolute atomic E-state index is 0.184. The van der Waals surface area contributed by atoms with Crippen LogP contribution in [-0.4, -0.2) is 30.8 Å². The van der Waals surface area contributed by atoms with Crippen LogP contribution in [0.15, 0.2) is 35.1 Å². The Morgan fingerprint density at radius 1 is 1.25 bits per heavy atom. The molecule has 0 aliphatic heterocycles. The van der Waals surface area contributed by atoms with Gasteiger partial charge in [-0.25, -0.2) is 0 Å². The molecule has 3 aromatic heterocycles. The largest absolute Gasteiger partial charge is 0.339 e. The Labute approximate surface area is 162 Å². The number of hydrogen-bond donors (Lipinski definition) is 1. The van der Waals surface area contributed by atoms with Crippen molar-refractivity contribution in [2.45, 2.75) is 57.0 Å². The average molecular weight is 378 g/mol. The standard InChI is InChI=1S/C20H22N6O2/c1-12(23-19(27)17-8-10-22-26(17)15-3-2-4-15)20-24-18(25-28-20)14-7-9-21-16(11-14)13-5-6-13/h7-13,15H,2-6H2,1H3,(H,23,27). The molecule has 2 fully saturated rings. The van der Waals surface area contributed by atoms with Crippen molar-refractivity contribution in [2.24, 2.45) is 0 Å². The second kappa shape index (κ2) is 6.85. The molecule has 0 saturated heterocycles. The summed E-state index contributed by atoms with van der Waals surface area (Å²) in [5, 5.41) is 11.3. The number of pyridine rings is 1. The van der Waals surface area contributed by atoms with Gasteiger partial charge in [0.15, 0.2) is 0 Å². The van der Waals surface area contributed by atoms with E-state index >= 15 is 0 Å². The first-order chi connectivity index (χ1) is 13.7. The SMILES string of the molecule is CC(NC(=O)c1ccnn1C1CCC1)c1nc(-c2ccnc(C3CC3)c2)no1. The number of carbonyl (C=O) groups is 1. The fourth-order valence-electron chi connectivity index (χ4n) is 3.47. The number of aromatic nitrogens is 5. The molecule has 1 N–H and O–H groups in total. The van der Waals surface area contributed by atoms with Gasteiger partial charge in [-0.15, -0.1) is 0 Å². The van der Waals surface area contributed by atoms with Crippen LogP contribution < -0.4 is 5.32 Å². The molecule has 2 aliphatic rings. The Kier molecular flexibility index (Phi) is 4.18. The zero-order chi connectivity index (χ0) is 19.1. The zero-order valence-electron chi connectivity index (χ0n) is 15.7. The molecule has 0 spiro atoms. The monoisotopic (exact) mass is 378 g/mol. The van der Waals surface area contributed by atoms with Gasteiger partial charge in [0, 0.05) is 29.6 Å². The van der Waals surface area contributed by atoms with Crippen LogP contribution in [0.25, 0.3) is 11.4 Å². The second-order valence-corrected chi connectivity index (χ2v) is 7.64. The quantitative estimate of drug-likeness (QED) is 0.706. The van der Waals surface area contributed by atoms with Gasteiger partial charge in [-0.3, -0.25) is 14.5 Å². The summed E-state index contributed by atoms with van der Waals surface area (Å²) in [5.74, 6) is 1.27. The van der Waals surface area contributed by atoms with Crippen molar-refractivity contribution in [3.05, 3.63) is 47.9 Å². The lowest BCUT2D eigenvalue weighted by molar-refractivity contribution is 0.0914. The average Bonchev–Trinajstić information content (AvgIpc) is 3.20. The van der Waals surface area contributed by atoms with Gasteiger partial charge in [0.05, 0.1) is 6.04 Å². The van der Waals surface area contributed by atoms with E-state index in [4.69, 9.17) is 4.52 Å². The third kappa shape index (κ3) is 3.19. The predicted octanol–water partition coefficient (Wildman–Crippen LogP) is 3.42. The van der Waals surface area contributed by atoms with E-state index in [2.05, 4.69) is 25.5 Å². The zero-order valence-corrected chi connectivity index (χ0v) is 15.7. The molecule has 2 saturated carbocycles. The molecule has 0 aromatic carbocycles. The molecule has 0 radical (unpaired) electrons. The van der Waals surface area contributed by atoms with E-state index in [0.717, 1.165) is 24.1 Å². The van der Waals surface area contributed by atoms with Crippen LogP contribution in [-0.2, 0) is 0 Å². The van der Waals surface area contributed by atoms with E-state index in [1.54, 1.807) is 18.5 Å². The smallest absolute Gasteiger partial charge is 0.270 e. The molecule has 2 aliphatic carbocycles. The second-order valence-electron chi connectivity index (χ2n) is 7.64. The lowest BCUT2D eigenvalue weighted by Crippen LogP contribution is -2.31. The van der Waals surface area contributed by atoms with Gasteiger partial charge in [0.25, 0.3) is 5.91 Å². The van der Waals surface area contributed by atoms with Gasteiger partial charge in [0.1, 0.15) is 11.7 Å². The van der Waals surface area contributed by atoms with E-state index < -0.39 is 6.04 Å². The fourth-order valence-corrected chi connectivity index (χ4v) is 3.47. The maximum Gasteiger partial charge on any atom is 0.270 e. The van der Waals surface area contributed by atoms with Crippen molar-refractivity contribution in [1.82, 2.24) is 30.2 Å². The summed E-state index contributed by atoms with van der Waals surface area (Å²) < 4.78 is 7.23. The number of amides is 1. The highest BCUT2D eigenvalue weighted by atomic mass is 16.5. The molecule has 8 heteroatoms. The molecule has 1 amide bonds. The van der Waals surface area contributed by atoms with Crippen molar-refractivity contribution in [3.8, 4) is 11.4 Å². The van der Waals surface area contributed by atoms with Gasteiger partial charge in [-0.2, -0.15) is 10.1 Å². The van der Waals surface area contributed by atoms with Gasteiger partial charge in [0.2, 0.25) is 11.7 Å². The fraction of sp³-hybridized carbons (Fsp3) is 0.450. The first-order valence-electron chi connectivity index (χ1n) is 9.83. The summed E-state index contributed by atoms with van der Waals surface area (Å²) in [6.45, 7) is 1.83. The highest BCUT2D eigenvalue weighted by Crippen LogP contribution is 2.39. The molecule has 8 nitrogen and oxygen atoms in total. The van der Waals surface area contributed by atoms with E-state index in [9.17, 15) is 4.79 Å². The lowest BCUT2D eigenvalue weighted by Gasteiger charge is -2.27. The summed E-state index contributed by atoms with van der Waals surface area (Å²) in [5.41, 5.74) is 2.53. The van der Waals surface area contributed by atoms with E-state index in [1.807, 2.05) is 23.7 Å². The minimum Gasteiger partial charge on any atom is -0.339 e. The third-order valence-electron chi connectivity index (χ3n) is 5.52. The molecular weight excluding hydrogens is 356 g/mol. The lowest BCUT2D eigenvalue weighted by atomic mass is 9.93. The summed E-state index contributed by atoms with van der Waals surface area (Å²) in [4.78, 5) is 21.6.